The number of fused-ring (bicyclic) bond motifs is 1. The van der Waals surface area contributed by atoms with Crippen molar-refractivity contribution < 1.29 is 19.4 Å². The normalized spacial score (nSPS) is 14.0. The first-order valence-electron chi connectivity index (χ1n) is 12.2. The average molecular weight is 487 g/mol. The number of carbonyl (C=O) groups excluding carboxylic acids is 1. The summed E-state index contributed by atoms with van der Waals surface area (Å²) in [5.74, 6) is -1.10. The minimum Gasteiger partial charge on any atom is -0.479 e. The van der Waals surface area contributed by atoms with Crippen LogP contribution in [0.2, 0.25) is 0 Å². The fourth-order valence-corrected chi connectivity index (χ4v) is 5.05. The van der Waals surface area contributed by atoms with Crippen LogP contribution in [0.5, 0.6) is 0 Å². The molecule has 2 aromatic carbocycles. The number of rotatable bonds is 5. The lowest BCUT2D eigenvalue weighted by atomic mass is 9.83. The maximum atomic E-state index is 13.4. The van der Waals surface area contributed by atoms with Crippen molar-refractivity contribution in [2.75, 3.05) is 0 Å². The van der Waals surface area contributed by atoms with Crippen molar-refractivity contribution in [2.45, 2.75) is 73.3 Å². The first-order valence-corrected chi connectivity index (χ1v) is 12.2. The summed E-state index contributed by atoms with van der Waals surface area (Å²) in [7, 11) is 0. The molecule has 2 heterocycles. The number of amides is 1. The van der Waals surface area contributed by atoms with Gasteiger partial charge in [-0.05, 0) is 94.0 Å². The number of aliphatic carboxylic acids is 1. The van der Waals surface area contributed by atoms with Crippen LogP contribution >= 0.6 is 0 Å². The molecule has 1 atom stereocenters. The molecule has 0 aliphatic carbocycles. The predicted octanol–water partition coefficient (Wildman–Crippen LogP) is 6.08. The van der Waals surface area contributed by atoms with Crippen LogP contribution in [0.4, 0.5) is 0 Å². The van der Waals surface area contributed by atoms with Crippen molar-refractivity contribution >= 4 is 11.9 Å². The lowest BCUT2D eigenvalue weighted by Gasteiger charge is -2.29. The molecule has 1 aliphatic rings. The highest BCUT2D eigenvalue weighted by Gasteiger charge is 2.36. The predicted molar refractivity (Wildman–Crippen MR) is 140 cm³/mol. The Bertz CT molecular complexity index is 1340. The molecule has 0 spiro atoms. The third kappa shape index (κ3) is 4.78. The molecular weight excluding hydrogens is 452 g/mol. The number of carboxylic acid groups (broad SMARTS) is 1. The van der Waals surface area contributed by atoms with Gasteiger partial charge in [0, 0.05) is 30.5 Å². The fraction of sp³-hybridized carbons (Fsp3) is 0.367. The van der Waals surface area contributed by atoms with Gasteiger partial charge >= 0.3 is 5.97 Å². The summed E-state index contributed by atoms with van der Waals surface area (Å²) in [5.41, 5.74) is 8.12. The van der Waals surface area contributed by atoms with Gasteiger partial charge in [-0.3, -0.25) is 9.78 Å². The molecule has 0 fully saturated rings. The van der Waals surface area contributed by atoms with Crippen molar-refractivity contribution in [2.24, 2.45) is 0 Å². The van der Waals surface area contributed by atoms with Crippen molar-refractivity contribution in [1.82, 2.24) is 9.88 Å². The van der Waals surface area contributed by atoms with Crippen LogP contribution in [-0.2, 0) is 22.6 Å². The van der Waals surface area contributed by atoms with Gasteiger partial charge in [-0.2, -0.15) is 0 Å². The van der Waals surface area contributed by atoms with E-state index < -0.39 is 17.7 Å². The Morgan fingerprint density at radius 1 is 0.972 bits per heavy atom. The summed E-state index contributed by atoms with van der Waals surface area (Å²) in [6.07, 6.45) is 0.538. The number of carbonyl (C=O) groups is 2. The van der Waals surface area contributed by atoms with Crippen molar-refractivity contribution in [3.8, 4) is 11.1 Å². The number of nitrogens with zero attached hydrogens (tertiary/aromatic N) is 2. The van der Waals surface area contributed by atoms with E-state index in [-0.39, 0.29) is 5.91 Å². The number of aromatic nitrogens is 1. The molecule has 1 N–H and O–H groups in total. The lowest BCUT2D eigenvalue weighted by Crippen LogP contribution is -2.28. The molecule has 36 heavy (non-hydrogen) atoms. The zero-order valence-corrected chi connectivity index (χ0v) is 22.1. The number of hydrogen-bond acceptors (Lipinski definition) is 4. The van der Waals surface area contributed by atoms with E-state index in [1.54, 1.807) is 18.3 Å². The SMILES string of the molecule is Cc1ccc(-c2c(C)c3c(c(C)c2C(OC(C)(C)C)C(=O)O)CN(C(=O)c2cccnc2C)C3)cc1. The molecule has 1 unspecified atom stereocenters. The molecule has 1 aliphatic heterocycles. The zero-order chi connectivity index (χ0) is 26.4. The second kappa shape index (κ2) is 9.51. The molecule has 1 aromatic heterocycles. The lowest BCUT2D eigenvalue weighted by molar-refractivity contribution is -0.160. The van der Waals surface area contributed by atoms with E-state index in [0.717, 1.165) is 38.9 Å². The van der Waals surface area contributed by atoms with Crippen LogP contribution in [0.15, 0.2) is 42.6 Å². The topological polar surface area (TPSA) is 79.7 Å². The molecule has 1 amide bonds. The number of pyridine rings is 1. The van der Waals surface area contributed by atoms with Crippen molar-refractivity contribution in [1.29, 1.82) is 0 Å². The maximum Gasteiger partial charge on any atom is 0.337 e. The third-order valence-corrected chi connectivity index (χ3v) is 6.84. The summed E-state index contributed by atoms with van der Waals surface area (Å²) >= 11 is 0. The fourth-order valence-electron chi connectivity index (χ4n) is 5.05. The largest absolute Gasteiger partial charge is 0.479 e. The summed E-state index contributed by atoms with van der Waals surface area (Å²) in [6.45, 7) is 14.3. The van der Waals surface area contributed by atoms with Gasteiger partial charge < -0.3 is 14.7 Å². The Kier molecular flexibility index (Phi) is 6.76. The first kappa shape index (κ1) is 25.6. The highest BCUT2D eigenvalue weighted by Crippen LogP contribution is 2.44. The van der Waals surface area contributed by atoms with Gasteiger partial charge in [0.15, 0.2) is 6.10 Å². The van der Waals surface area contributed by atoms with Gasteiger partial charge in [0.1, 0.15) is 0 Å². The molecule has 3 aromatic rings. The summed E-state index contributed by atoms with van der Waals surface area (Å²) < 4.78 is 6.14. The highest BCUT2D eigenvalue weighted by molar-refractivity contribution is 5.96. The van der Waals surface area contributed by atoms with Crippen molar-refractivity contribution in [3.05, 3.63) is 87.2 Å². The van der Waals surface area contributed by atoms with Crippen LogP contribution in [0.3, 0.4) is 0 Å². The van der Waals surface area contributed by atoms with E-state index in [1.165, 1.54) is 0 Å². The van der Waals surface area contributed by atoms with Crippen molar-refractivity contribution in [3.63, 3.8) is 0 Å². The van der Waals surface area contributed by atoms with E-state index in [4.69, 9.17) is 4.74 Å². The molecule has 188 valence electrons. The molecule has 0 bridgehead atoms. The number of ether oxygens (including phenoxy) is 1. The van der Waals surface area contributed by atoms with Crippen LogP contribution < -0.4 is 0 Å². The quantitative estimate of drug-likeness (QED) is 0.473. The second-order valence-corrected chi connectivity index (χ2v) is 10.6. The van der Waals surface area contributed by atoms with E-state index in [1.807, 2.05) is 77.6 Å². The minimum absolute atomic E-state index is 0.0743. The monoisotopic (exact) mass is 486 g/mol. The number of benzene rings is 2. The van der Waals surface area contributed by atoms with Gasteiger partial charge in [-0.25, -0.2) is 4.79 Å². The third-order valence-electron chi connectivity index (χ3n) is 6.84. The Labute approximate surface area is 212 Å². The van der Waals surface area contributed by atoms with Gasteiger partial charge in [-0.1, -0.05) is 29.8 Å². The van der Waals surface area contributed by atoms with Gasteiger partial charge in [0.05, 0.1) is 11.2 Å². The standard InChI is InChI=1S/C30H34N2O4/c1-17-10-12-21(13-11-17)25-18(2)23-15-32(28(33)22-9-8-14-31-20(22)4)16-24(23)19(3)26(25)27(29(34)35)36-30(5,6)7/h8-14,27H,15-16H2,1-7H3,(H,34,35). The highest BCUT2D eigenvalue weighted by atomic mass is 16.5. The smallest absolute Gasteiger partial charge is 0.337 e. The average Bonchev–Trinajstić information content (AvgIpc) is 3.26. The van der Waals surface area contributed by atoms with Crippen LogP contribution in [0, 0.1) is 27.7 Å². The second-order valence-electron chi connectivity index (χ2n) is 10.6. The number of hydrogen-bond donors (Lipinski definition) is 1. The van der Waals surface area contributed by atoms with E-state index in [0.29, 0.717) is 29.9 Å². The molecule has 0 radical (unpaired) electrons. The Morgan fingerprint density at radius 3 is 2.14 bits per heavy atom. The van der Waals surface area contributed by atoms with Gasteiger partial charge in [0.25, 0.3) is 5.91 Å². The maximum absolute atomic E-state index is 13.4. The summed E-state index contributed by atoms with van der Waals surface area (Å²) in [6, 6.07) is 11.7. The van der Waals surface area contributed by atoms with E-state index >= 15 is 0 Å². The Balaban J connectivity index is 1.90. The van der Waals surface area contributed by atoms with E-state index in [2.05, 4.69) is 4.98 Å². The zero-order valence-electron chi connectivity index (χ0n) is 22.1. The first-order chi connectivity index (χ1) is 16.9. The number of carboxylic acids is 1. The minimum atomic E-state index is -1.14. The Hall–Kier alpha value is -3.51. The van der Waals surface area contributed by atoms with E-state index in [9.17, 15) is 14.7 Å². The number of aryl methyl sites for hydroxylation is 2. The molecule has 0 saturated heterocycles. The van der Waals surface area contributed by atoms with Crippen LogP contribution in [0.1, 0.15) is 76.3 Å². The Morgan fingerprint density at radius 2 is 1.58 bits per heavy atom. The molecular formula is C30H34N2O4. The summed E-state index contributed by atoms with van der Waals surface area (Å²) in [4.78, 5) is 32.1. The summed E-state index contributed by atoms with van der Waals surface area (Å²) in [5, 5.41) is 10.3. The van der Waals surface area contributed by atoms with Crippen LogP contribution in [-0.4, -0.2) is 32.5 Å². The molecule has 6 heteroatoms. The van der Waals surface area contributed by atoms with Crippen LogP contribution in [0.25, 0.3) is 11.1 Å². The molecule has 0 saturated carbocycles. The van der Waals surface area contributed by atoms with Gasteiger partial charge in [0.2, 0.25) is 0 Å². The molecule has 6 nitrogen and oxygen atoms in total. The molecule has 4 rings (SSSR count). The van der Waals surface area contributed by atoms with Gasteiger partial charge in [-0.15, -0.1) is 0 Å².